The van der Waals surface area contributed by atoms with E-state index in [0.29, 0.717) is 28.6 Å². The maximum atomic E-state index is 12.1. The zero-order chi connectivity index (χ0) is 19.3. The van der Waals surface area contributed by atoms with Crippen LogP contribution in [0, 0.1) is 11.3 Å². The highest BCUT2D eigenvalue weighted by Crippen LogP contribution is 2.35. The van der Waals surface area contributed by atoms with Crippen molar-refractivity contribution in [3.8, 4) is 17.6 Å². The Bertz CT molecular complexity index is 1050. The number of anilines is 1. The maximum Gasteiger partial charge on any atom is 0.277 e. The minimum absolute atomic E-state index is 0.0866. The molecule has 0 saturated carbocycles. The summed E-state index contributed by atoms with van der Waals surface area (Å²) in [5.74, 6) is 1.42. The smallest absolute Gasteiger partial charge is 0.277 e. The van der Waals surface area contributed by atoms with Gasteiger partial charge in [0.25, 0.3) is 11.1 Å². The van der Waals surface area contributed by atoms with Crippen molar-refractivity contribution < 1.29 is 18.7 Å². The van der Waals surface area contributed by atoms with Crippen LogP contribution in [0.25, 0.3) is 0 Å². The molecule has 9 heteroatoms. The lowest BCUT2D eigenvalue weighted by Gasteiger charge is -2.23. The van der Waals surface area contributed by atoms with Crippen LogP contribution in [0.5, 0.6) is 11.5 Å². The molecule has 3 aromatic rings. The van der Waals surface area contributed by atoms with Gasteiger partial charge in [0.1, 0.15) is 6.61 Å². The number of aromatic nitrogens is 2. The van der Waals surface area contributed by atoms with E-state index in [-0.39, 0.29) is 23.5 Å². The van der Waals surface area contributed by atoms with E-state index in [0.717, 1.165) is 11.8 Å². The molecule has 0 aliphatic carbocycles. The minimum Gasteiger partial charge on any atom is -0.485 e. The second-order valence-electron chi connectivity index (χ2n) is 5.80. The summed E-state index contributed by atoms with van der Waals surface area (Å²) in [5.41, 5.74) is 1.03. The Morgan fingerprint density at radius 3 is 2.93 bits per heavy atom. The first-order valence-electron chi connectivity index (χ1n) is 8.36. The van der Waals surface area contributed by atoms with E-state index < -0.39 is 6.10 Å². The van der Waals surface area contributed by atoms with Gasteiger partial charge >= 0.3 is 0 Å². The lowest BCUT2D eigenvalue weighted by Crippen LogP contribution is -2.21. The van der Waals surface area contributed by atoms with Crippen LogP contribution in [0.3, 0.4) is 0 Å². The van der Waals surface area contributed by atoms with Gasteiger partial charge in [-0.2, -0.15) is 5.26 Å². The quantitative estimate of drug-likeness (QED) is 0.657. The van der Waals surface area contributed by atoms with Crippen molar-refractivity contribution in [3.05, 3.63) is 60.0 Å². The summed E-state index contributed by atoms with van der Waals surface area (Å²) in [6.45, 7) is 0.263. The molecule has 1 aromatic heterocycles. The van der Waals surface area contributed by atoms with Gasteiger partial charge in [0, 0.05) is 5.69 Å². The summed E-state index contributed by atoms with van der Waals surface area (Å²) < 4.78 is 17.0. The number of thioether (sulfide) groups is 1. The van der Waals surface area contributed by atoms with Gasteiger partial charge in [0.15, 0.2) is 11.5 Å². The Morgan fingerprint density at radius 1 is 1.21 bits per heavy atom. The monoisotopic (exact) mass is 394 g/mol. The molecule has 1 aliphatic heterocycles. The molecule has 4 rings (SSSR count). The molecular weight excluding hydrogens is 380 g/mol. The summed E-state index contributed by atoms with van der Waals surface area (Å²) >= 11 is 1.11. The number of benzene rings is 2. The summed E-state index contributed by atoms with van der Waals surface area (Å²) in [6.07, 6.45) is -0.501. The molecule has 1 atom stereocenters. The SMILES string of the molecule is N#Cc1cccc(NC(=O)CSc2nnc([C@H]3COc4ccccc4O3)o2)c1. The van der Waals surface area contributed by atoms with Crippen molar-refractivity contribution in [2.24, 2.45) is 0 Å². The maximum absolute atomic E-state index is 12.1. The van der Waals surface area contributed by atoms with E-state index in [4.69, 9.17) is 19.2 Å². The average molecular weight is 394 g/mol. The van der Waals surface area contributed by atoms with Crippen molar-refractivity contribution in [2.45, 2.75) is 11.3 Å². The third kappa shape index (κ3) is 4.07. The third-order valence-corrected chi connectivity index (χ3v) is 4.63. The fourth-order valence-corrected chi connectivity index (χ4v) is 3.11. The van der Waals surface area contributed by atoms with Crippen LogP contribution in [-0.4, -0.2) is 28.5 Å². The van der Waals surface area contributed by atoms with E-state index in [9.17, 15) is 4.79 Å². The summed E-state index contributed by atoms with van der Waals surface area (Å²) in [6, 6.07) is 16.1. The van der Waals surface area contributed by atoms with E-state index in [2.05, 4.69) is 15.5 Å². The average Bonchev–Trinajstić information content (AvgIpc) is 3.21. The van der Waals surface area contributed by atoms with Crippen molar-refractivity contribution >= 4 is 23.4 Å². The Labute approximate surface area is 164 Å². The summed E-state index contributed by atoms with van der Waals surface area (Å²) in [4.78, 5) is 12.1. The molecule has 0 bridgehead atoms. The van der Waals surface area contributed by atoms with Gasteiger partial charge in [-0.15, -0.1) is 10.2 Å². The lowest BCUT2D eigenvalue weighted by molar-refractivity contribution is -0.113. The predicted octanol–water partition coefficient (Wildman–Crippen LogP) is 3.18. The molecule has 0 saturated heterocycles. The molecule has 140 valence electrons. The standard InChI is InChI=1S/C19H14N4O4S/c20-9-12-4-3-5-13(8-12)21-17(24)11-28-19-23-22-18(27-19)16-10-25-14-6-1-2-7-15(14)26-16/h1-8,16H,10-11H2,(H,21,24)/t16-/m1/s1. The van der Waals surface area contributed by atoms with E-state index in [1.54, 1.807) is 30.3 Å². The molecular formula is C19H14N4O4S. The second-order valence-corrected chi connectivity index (χ2v) is 6.73. The Balaban J connectivity index is 1.33. The van der Waals surface area contributed by atoms with Gasteiger partial charge in [-0.3, -0.25) is 4.79 Å². The second kappa shape index (κ2) is 8.02. The number of ether oxygens (including phenoxy) is 2. The van der Waals surface area contributed by atoms with Gasteiger partial charge in [0.2, 0.25) is 12.0 Å². The first-order chi connectivity index (χ1) is 13.7. The van der Waals surface area contributed by atoms with Crippen LogP contribution < -0.4 is 14.8 Å². The van der Waals surface area contributed by atoms with Crippen molar-refractivity contribution in [2.75, 3.05) is 17.7 Å². The highest BCUT2D eigenvalue weighted by atomic mass is 32.2. The van der Waals surface area contributed by atoms with Crippen LogP contribution in [0.4, 0.5) is 5.69 Å². The van der Waals surface area contributed by atoms with Crippen LogP contribution in [0.15, 0.2) is 58.2 Å². The van der Waals surface area contributed by atoms with E-state index in [1.807, 2.05) is 24.3 Å². The van der Waals surface area contributed by atoms with Gasteiger partial charge in [0.05, 0.1) is 17.4 Å². The van der Waals surface area contributed by atoms with Crippen LogP contribution in [0.1, 0.15) is 17.6 Å². The number of amides is 1. The molecule has 2 heterocycles. The summed E-state index contributed by atoms with van der Waals surface area (Å²) in [7, 11) is 0. The van der Waals surface area contributed by atoms with Crippen LogP contribution in [-0.2, 0) is 4.79 Å². The number of nitrogens with zero attached hydrogens (tertiary/aromatic N) is 3. The Hall–Kier alpha value is -3.51. The molecule has 0 radical (unpaired) electrons. The summed E-state index contributed by atoms with van der Waals surface area (Å²) in [5, 5.41) is 19.8. The number of hydrogen-bond acceptors (Lipinski definition) is 8. The third-order valence-electron chi connectivity index (χ3n) is 3.81. The first-order valence-corrected chi connectivity index (χ1v) is 9.34. The molecule has 0 spiro atoms. The highest BCUT2D eigenvalue weighted by Gasteiger charge is 2.27. The van der Waals surface area contributed by atoms with E-state index in [1.165, 1.54) is 0 Å². The van der Waals surface area contributed by atoms with Gasteiger partial charge in [-0.25, -0.2) is 0 Å². The van der Waals surface area contributed by atoms with Crippen LogP contribution >= 0.6 is 11.8 Å². The van der Waals surface area contributed by atoms with Crippen molar-refractivity contribution in [1.29, 1.82) is 5.26 Å². The van der Waals surface area contributed by atoms with Crippen LogP contribution in [0.2, 0.25) is 0 Å². The number of carbonyl (C=O) groups is 1. The molecule has 1 N–H and O–H groups in total. The van der Waals surface area contributed by atoms with Crippen molar-refractivity contribution in [1.82, 2.24) is 10.2 Å². The minimum atomic E-state index is -0.501. The van der Waals surface area contributed by atoms with Gasteiger partial charge in [-0.1, -0.05) is 30.0 Å². The predicted molar refractivity (Wildman–Crippen MR) is 100 cm³/mol. The molecule has 8 nitrogen and oxygen atoms in total. The highest BCUT2D eigenvalue weighted by molar-refractivity contribution is 7.99. The van der Waals surface area contributed by atoms with Gasteiger partial charge in [-0.05, 0) is 30.3 Å². The zero-order valence-corrected chi connectivity index (χ0v) is 15.3. The number of rotatable bonds is 5. The Morgan fingerprint density at radius 2 is 2.07 bits per heavy atom. The fraction of sp³-hybridized carbons (Fsp3) is 0.158. The normalized spacial score (nSPS) is 14.9. The number of para-hydroxylation sites is 2. The molecule has 0 fully saturated rings. The number of nitrogens with one attached hydrogen (secondary N) is 1. The molecule has 0 unspecified atom stereocenters. The number of nitriles is 1. The number of carbonyl (C=O) groups excluding carboxylic acids is 1. The zero-order valence-electron chi connectivity index (χ0n) is 14.5. The molecule has 1 amide bonds. The Kier molecular flexibility index (Phi) is 5.12. The number of hydrogen-bond donors (Lipinski definition) is 1. The van der Waals surface area contributed by atoms with Gasteiger partial charge < -0.3 is 19.2 Å². The topological polar surface area (TPSA) is 110 Å². The number of fused-ring (bicyclic) bond motifs is 1. The largest absolute Gasteiger partial charge is 0.485 e. The molecule has 2 aromatic carbocycles. The first kappa shape index (κ1) is 17.9. The molecule has 1 aliphatic rings. The lowest BCUT2D eigenvalue weighted by atomic mass is 10.2. The fourth-order valence-electron chi connectivity index (χ4n) is 2.54. The van der Waals surface area contributed by atoms with Crippen molar-refractivity contribution in [3.63, 3.8) is 0 Å². The molecule has 28 heavy (non-hydrogen) atoms. The van der Waals surface area contributed by atoms with E-state index >= 15 is 0 Å².